The number of aromatic nitrogens is 2. The van der Waals surface area contributed by atoms with Gasteiger partial charge in [0.25, 0.3) is 0 Å². The Kier molecular flexibility index (Phi) is 6.66. The van der Waals surface area contributed by atoms with Crippen LogP contribution in [0.3, 0.4) is 0 Å². The summed E-state index contributed by atoms with van der Waals surface area (Å²) >= 11 is 1.30. The smallest absolute Gasteiger partial charge is 0.237 e. The lowest BCUT2D eigenvalue weighted by Crippen LogP contribution is -2.35. The number of hydrogen-bond acceptors (Lipinski definition) is 4. The highest BCUT2D eigenvalue weighted by Crippen LogP contribution is 2.25. The highest BCUT2D eigenvalue weighted by molar-refractivity contribution is 7.99. The van der Waals surface area contributed by atoms with E-state index in [9.17, 15) is 14.0 Å². The Balaban J connectivity index is 1.72. The van der Waals surface area contributed by atoms with Crippen LogP contribution in [0.2, 0.25) is 0 Å². The molecular formula is C21H21FN4O2S. The van der Waals surface area contributed by atoms with Crippen molar-refractivity contribution in [2.24, 2.45) is 12.8 Å². The Bertz CT molecular complexity index is 990. The third kappa shape index (κ3) is 5.23. The number of amides is 2. The van der Waals surface area contributed by atoms with Crippen molar-refractivity contribution in [3.63, 3.8) is 0 Å². The van der Waals surface area contributed by atoms with Crippen LogP contribution in [-0.2, 0) is 16.6 Å². The zero-order valence-corrected chi connectivity index (χ0v) is 16.7. The number of halogens is 1. The van der Waals surface area contributed by atoms with Gasteiger partial charge in [0.05, 0.1) is 17.6 Å². The van der Waals surface area contributed by atoms with E-state index in [2.05, 4.69) is 4.98 Å². The molecule has 8 heteroatoms. The van der Waals surface area contributed by atoms with Gasteiger partial charge in [0.1, 0.15) is 5.82 Å². The van der Waals surface area contributed by atoms with Crippen molar-refractivity contribution < 1.29 is 14.0 Å². The SMILES string of the molecule is Cn1c(-c2ccccc2)cnc1SCC(=O)N(CCC(N)=O)c1ccc(F)cc1. The summed E-state index contributed by atoms with van der Waals surface area (Å²) in [5, 5.41) is 0.700. The zero-order chi connectivity index (χ0) is 20.8. The van der Waals surface area contributed by atoms with Gasteiger partial charge in [-0.15, -0.1) is 0 Å². The Morgan fingerprint density at radius 2 is 1.83 bits per heavy atom. The van der Waals surface area contributed by atoms with Crippen LogP contribution < -0.4 is 10.6 Å². The molecule has 2 N–H and O–H groups in total. The van der Waals surface area contributed by atoms with Gasteiger partial charge < -0.3 is 15.2 Å². The molecule has 2 aromatic carbocycles. The Morgan fingerprint density at radius 3 is 2.48 bits per heavy atom. The van der Waals surface area contributed by atoms with E-state index in [1.165, 1.54) is 40.9 Å². The van der Waals surface area contributed by atoms with Crippen molar-refractivity contribution in [3.8, 4) is 11.3 Å². The van der Waals surface area contributed by atoms with Gasteiger partial charge in [-0.05, 0) is 29.8 Å². The van der Waals surface area contributed by atoms with E-state index in [-0.39, 0.29) is 24.6 Å². The molecule has 0 atom stereocenters. The van der Waals surface area contributed by atoms with Crippen molar-refractivity contribution in [2.75, 3.05) is 17.2 Å². The molecular weight excluding hydrogens is 391 g/mol. The molecule has 150 valence electrons. The molecule has 2 amide bonds. The topological polar surface area (TPSA) is 81.2 Å². The molecule has 1 heterocycles. The number of carbonyl (C=O) groups is 2. The summed E-state index contributed by atoms with van der Waals surface area (Å²) in [6.07, 6.45) is 1.79. The number of hydrogen-bond donors (Lipinski definition) is 1. The molecule has 0 aliphatic heterocycles. The highest BCUT2D eigenvalue weighted by atomic mass is 32.2. The summed E-state index contributed by atoms with van der Waals surface area (Å²) in [6, 6.07) is 15.4. The lowest BCUT2D eigenvalue weighted by molar-refractivity contribution is -0.118. The second-order valence-electron chi connectivity index (χ2n) is 6.38. The number of benzene rings is 2. The molecule has 0 saturated heterocycles. The summed E-state index contributed by atoms with van der Waals surface area (Å²) < 4.78 is 15.2. The Morgan fingerprint density at radius 1 is 1.14 bits per heavy atom. The number of nitrogens with zero attached hydrogens (tertiary/aromatic N) is 3. The lowest BCUT2D eigenvalue weighted by Gasteiger charge is -2.22. The van der Waals surface area contributed by atoms with E-state index < -0.39 is 11.7 Å². The first kappa shape index (κ1) is 20.6. The van der Waals surface area contributed by atoms with Crippen LogP contribution in [0.4, 0.5) is 10.1 Å². The molecule has 29 heavy (non-hydrogen) atoms. The van der Waals surface area contributed by atoms with Gasteiger partial charge >= 0.3 is 0 Å². The summed E-state index contributed by atoms with van der Waals surface area (Å²) in [6.45, 7) is 0.135. The number of carbonyl (C=O) groups excluding carboxylic acids is 2. The van der Waals surface area contributed by atoms with Gasteiger partial charge in [0, 0.05) is 25.7 Å². The van der Waals surface area contributed by atoms with E-state index in [0.29, 0.717) is 10.8 Å². The zero-order valence-electron chi connectivity index (χ0n) is 15.9. The molecule has 0 unspecified atom stereocenters. The molecule has 3 aromatic rings. The molecule has 0 aliphatic rings. The maximum atomic E-state index is 13.2. The van der Waals surface area contributed by atoms with E-state index in [0.717, 1.165) is 11.3 Å². The fraction of sp³-hybridized carbons (Fsp3) is 0.190. The third-order valence-corrected chi connectivity index (χ3v) is 5.39. The molecule has 0 radical (unpaired) electrons. The summed E-state index contributed by atoms with van der Waals surface area (Å²) in [5.74, 6) is -0.997. The Hall–Kier alpha value is -3.13. The predicted octanol–water partition coefficient (Wildman–Crippen LogP) is 3.23. The Labute approximate surface area is 172 Å². The molecule has 0 aliphatic carbocycles. The molecule has 0 saturated carbocycles. The maximum Gasteiger partial charge on any atom is 0.237 e. The van der Waals surface area contributed by atoms with Gasteiger partial charge in [0.15, 0.2) is 5.16 Å². The van der Waals surface area contributed by atoms with Gasteiger partial charge in [-0.1, -0.05) is 42.1 Å². The summed E-state index contributed by atoms with van der Waals surface area (Å²) in [4.78, 5) is 29.9. The third-order valence-electron chi connectivity index (χ3n) is 4.36. The van der Waals surface area contributed by atoms with Crippen LogP contribution in [0.15, 0.2) is 66.0 Å². The number of imidazole rings is 1. The quantitative estimate of drug-likeness (QED) is 0.576. The minimum Gasteiger partial charge on any atom is -0.370 e. The van der Waals surface area contributed by atoms with Crippen LogP contribution in [0.25, 0.3) is 11.3 Å². The van der Waals surface area contributed by atoms with Gasteiger partial charge in [-0.3, -0.25) is 9.59 Å². The second-order valence-corrected chi connectivity index (χ2v) is 7.32. The fourth-order valence-corrected chi connectivity index (χ4v) is 3.68. The van der Waals surface area contributed by atoms with Crippen LogP contribution in [0.1, 0.15) is 6.42 Å². The van der Waals surface area contributed by atoms with E-state index in [1.807, 2.05) is 41.9 Å². The molecule has 3 rings (SSSR count). The van der Waals surface area contributed by atoms with Crippen molar-refractivity contribution in [2.45, 2.75) is 11.6 Å². The second kappa shape index (κ2) is 9.38. The number of nitrogens with two attached hydrogens (primary N) is 1. The van der Waals surface area contributed by atoms with Crippen molar-refractivity contribution in [1.82, 2.24) is 9.55 Å². The summed E-state index contributed by atoms with van der Waals surface area (Å²) in [7, 11) is 1.90. The fourth-order valence-electron chi connectivity index (χ4n) is 2.85. The van der Waals surface area contributed by atoms with Crippen LogP contribution in [0, 0.1) is 5.82 Å². The van der Waals surface area contributed by atoms with Crippen LogP contribution >= 0.6 is 11.8 Å². The van der Waals surface area contributed by atoms with Crippen molar-refractivity contribution >= 4 is 29.3 Å². The van der Waals surface area contributed by atoms with Gasteiger partial charge in [0.2, 0.25) is 11.8 Å². The maximum absolute atomic E-state index is 13.2. The molecule has 0 fully saturated rings. The van der Waals surface area contributed by atoms with Gasteiger partial charge in [-0.2, -0.15) is 0 Å². The van der Waals surface area contributed by atoms with Crippen LogP contribution in [-0.4, -0.2) is 33.7 Å². The molecule has 0 bridgehead atoms. The minimum absolute atomic E-state index is 0.0222. The van der Waals surface area contributed by atoms with Crippen LogP contribution in [0.5, 0.6) is 0 Å². The average Bonchev–Trinajstić information content (AvgIpc) is 3.08. The standard InChI is InChI=1S/C21H21FN4O2S/c1-25-18(15-5-3-2-4-6-15)13-24-21(25)29-14-20(28)26(12-11-19(23)27)17-9-7-16(22)8-10-17/h2-10,13H,11-12,14H2,1H3,(H2,23,27). The van der Waals surface area contributed by atoms with Crippen molar-refractivity contribution in [1.29, 1.82) is 0 Å². The number of rotatable bonds is 8. The summed E-state index contributed by atoms with van der Waals surface area (Å²) in [5.41, 5.74) is 7.73. The first-order chi connectivity index (χ1) is 14.0. The predicted molar refractivity (Wildman–Crippen MR) is 112 cm³/mol. The normalized spacial score (nSPS) is 10.7. The number of primary amides is 1. The number of thioether (sulfide) groups is 1. The number of anilines is 1. The minimum atomic E-state index is -0.505. The highest BCUT2D eigenvalue weighted by Gasteiger charge is 2.18. The van der Waals surface area contributed by atoms with Gasteiger partial charge in [-0.25, -0.2) is 9.37 Å². The lowest BCUT2D eigenvalue weighted by atomic mass is 10.2. The van der Waals surface area contributed by atoms with E-state index in [4.69, 9.17) is 5.73 Å². The van der Waals surface area contributed by atoms with E-state index in [1.54, 1.807) is 6.20 Å². The molecule has 1 aromatic heterocycles. The molecule has 6 nitrogen and oxygen atoms in total. The molecule has 0 spiro atoms. The first-order valence-electron chi connectivity index (χ1n) is 9.00. The van der Waals surface area contributed by atoms with E-state index >= 15 is 0 Å². The monoisotopic (exact) mass is 412 g/mol. The largest absolute Gasteiger partial charge is 0.370 e. The van der Waals surface area contributed by atoms with Crippen molar-refractivity contribution in [3.05, 3.63) is 66.6 Å². The average molecular weight is 412 g/mol. The first-order valence-corrected chi connectivity index (χ1v) is 9.98.